The van der Waals surface area contributed by atoms with Crippen LogP contribution >= 0.6 is 0 Å². The van der Waals surface area contributed by atoms with E-state index in [-0.39, 0.29) is 6.10 Å². The molecule has 1 aliphatic carbocycles. The summed E-state index contributed by atoms with van der Waals surface area (Å²) in [6, 6.07) is 9.82. The maximum Gasteiger partial charge on any atom is 0.325 e. The van der Waals surface area contributed by atoms with E-state index in [9.17, 15) is 9.90 Å². The molecule has 2 fully saturated rings. The van der Waals surface area contributed by atoms with E-state index in [0.717, 1.165) is 87.0 Å². The summed E-state index contributed by atoms with van der Waals surface area (Å²) < 4.78 is 6.20. The van der Waals surface area contributed by atoms with Crippen molar-refractivity contribution in [2.45, 2.75) is 70.1 Å². The van der Waals surface area contributed by atoms with Gasteiger partial charge in [0.25, 0.3) is 0 Å². The number of nitrogens with zero attached hydrogens (tertiary/aromatic N) is 3. The average molecular weight is 506 g/mol. The first-order valence-electron chi connectivity index (χ1n) is 14.1. The Morgan fingerprint density at radius 3 is 2.95 bits per heavy atom. The minimum absolute atomic E-state index is 0.0870. The number of benzene rings is 1. The Hall–Kier alpha value is -2.68. The summed E-state index contributed by atoms with van der Waals surface area (Å²) in [7, 11) is 0. The van der Waals surface area contributed by atoms with Gasteiger partial charge in [-0.25, -0.2) is 9.99 Å². The zero-order valence-corrected chi connectivity index (χ0v) is 21.6. The molecule has 1 unspecified atom stereocenters. The second-order valence-electron chi connectivity index (χ2n) is 11.1. The van der Waals surface area contributed by atoms with Crippen molar-refractivity contribution in [1.82, 2.24) is 14.9 Å². The number of pyridine rings is 1. The normalized spacial score (nSPS) is 22.2. The summed E-state index contributed by atoms with van der Waals surface area (Å²) in [5.74, 6) is 1.06. The number of rotatable bonds is 11. The van der Waals surface area contributed by atoms with Crippen LogP contribution in [0, 0.1) is 5.92 Å². The molecule has 1 saturated carbocycles. The minimum atomic E-state index is -0.788. The van der Waals surface area contributed by atoms with Crippen LogP contribution in [0.4, 0.5) is 11.5 Å². The van der Waals surface area contributed by atoms with Gasteiger partial charge in [-0.05, 0) is 74.5 Å². The van der Waals surface area contributed by atoms with Crippen LogP contribution in [0.3, 0.4) is 0 Å². The van der Waals surface area contributed by atoms with Crippen molar-refractivity contribution in [3.05, 3.63) is 52.7 Å². The van der Waals surface area contributed by atoms with Crippen LogP contribution in [0.1, 0.15) is 67.0 Å². The molecule has 1 saturated heterocycles. The topological polar surface area (TPSA) is 90.0 Å². The number of ether oxygens (including phenoxy) is 1. The van der Waals surface area contributed by atoms with E-state index >= 15 is 0 Å². The van der Waals surface area contributed by atoms with Gasteiger partial charge in [-0.15, -0.1) is 0 Å². The molecule has 2 aromatic rings. The number of aromatic nitrogens is 1. The van der Waals surface area contributed by atoms with Crippen molar-refractivity contribution in [3.8, 4) is 0 Å². The first-order chi connectivity index (χ1) is 18.1. The molecule has 0 spiro atoms. The average Bonchev–Trinajstić information content (AvgIpc) is 3.42. The number of hydrogen-bond acceptors (Lipinski definition) is 7. The third-order valence-electron chi connectivity index (χ3n) is 8.19. The highest BCUT2D eigenvalue weighted by Crippen LogP contribution is 2.39. The van der Waals surface area contributed by atoms with E-state index in [4.69, 9.17) is 9.72 Å². The summed E-state index contributed by atoms with van der Waals surface area (Å²) >= 11 is 0. The molecular weight excluding hydrogens is 466 g/mol. The molecule has 3 N–H and O–H groups in total. The number of fused-ring (bicyclic) bond motifs is 2. The fourth-order valence-corrected chi connectivity index (χ4v) is 6.02. The zero-order valence-electron chi connectivity index (χ0n) is 21.6. The largest absolute Gasteiger partial charge is 0.480 e. The fourth-order valence-electron chi connectivity index (χ4n) is 6.02. The molecule has 3 aliphatic heterocycles. The molecule has 4 heterocycles. The maximum atomic E-state index is 12.5. The molecule has 1 aromatic heterocycles. The predicted octanol–water partition coefficient (Wildman–Crippen LogP) is 4.23. The Balaban J connectivity index is 0.990. The van der Waals surface area contributed by atoms with Gasteiger partial charge in [0, 0.05) is 50.6 Å². The molecule has 1 aromatic carbocycles. The second-order valence-corrected chi connectivity index (χ2v) is 11.1. The molecule has 198 valence electrons. The molecule has 6 rings (SSSR count). The van der Waals surface area contributed by atoms with E-state index in [2.05, 4.69) is 38.9 Å². The molecule has 0 amide bonds. The maximum absolute atomic E-state index is 12.5. The van der Waals surface area contributed by atoms with E-state index in [1.807, 2.05) is 12.1 Å². The highest BCUT2D eigenvalue weighted by atomic mass is 16.5. The number of nitrogens with one attached hydrogen (secondary N) is 2. The van der Waals surface area contributed by atoms with Crippen molar-refractivity contribution in [2.24, 2.45) is 5.92 Å². The van der Waals surface area contributed by atoms with Gasteiger partial charge >= 0.3 is 5.97 Å². The number of anilines is 2. The van der Waals surface area contributed by atoms with Gasteiger partial charge in [0.05, 0.1) is 11.8 Å². The van der Waals surface area contributed by atoms with Crippen LogP contribution in [0.5, 0.6) is 0 Å². The number of hydrogen-bond donors (Lipinski definition) is 3. The van der Waals surface area contributed by atoms with Crippen LogP contribution in [0.2, 0.25) is 0 Å². The molecule has 8 heteroatoms. The molecule has 2 atom stereocenters. The van der Waals surface area contributed by atoms with E-state index in [0.29, 0.717) is 13.2 Å². The van der Waals surface area contributed by atoms with Gasteiger partial charge in [0.2, 0.25) is 0 Å². The van der Waals surface area contributed by atoms with Gasteiger partial charge in [-0.1, -0.05) is 24.3 Å². The van der Waals surface area contributed by atoms with Gasteiger partial charge in [0.15, 0.2) is 0 Å². The summed E-state index contributed by atoms with van der Waals surface area (Å²) in [5.41, 5.74) is 9.06. The lowest BCUT2D eigenvalue weighted by Gasteiger charge is -2.26. The number of carboxylic acids is 1. The number of aliphatic carboxylic acids is 1. The van der Waals surface area contributed by atoms with Crippen molar-refractivity contribution in [2.75, 3.05) is 43.5 Å². The summed E-state index contributed by atoms with van der Waals surface area (Å²) in [5, 5.41) is 15.9. The Morgan fingerprint density at radius 2 is 2.08 bits per heavy atom. The van der Waals surface area contributed by atoms with E-state index < -0.39 is 12.0 Å². The number of carbonyl (C=O) groups is 1. The second kappa shape index (κ2) is 11.0. The Kier molecular flexibility index (Phi) is 7.31. The van der Waals surface area contributed by atoms with Gasteiger partial charge in [-0.3, -0.25) is 9.69 Å². The third kappa shape index (κ3) is 5.76. The quantitative estimate of drug-likeness (QED) is 0.391. The highest BCUT2D eigenvalue weighted by molar-refractivity contribution is 5.79. The third-order valence-corrected chi connectivity index (χ3v) is 8.19. The number of carboxylic acid groups (broad SMARTS) is 1. The highest BCUT2D eigenvalue weighted by Gasteiger charge is 2.37. The monoisotopic (exact) mass is 505 g/mol. The molecule has 37 heavy (non-hydrogen) atoms. The van der Waals surface area contributed by atoms with Crippen LogP contribution in [0.25, 0.3) is 0 Å². The SMILES string of the molecule is O=C(O)C(c1cccc2c1NN(CC1CC1)C2)N1CC[C@@H](OCCCCc2ccc3c(n2)NCCC3)C1. The minimum Gasteiger partial charge on any atom is -0.480 e. The lowest BCUT2D eigenvalue weighted by atomic mass is 10.0. The molecule has 8 nitrogen and oxygen atoms in total. The van der Waals surface area contributed by atoms with Crippen molar-refractivity contribution in [3.63, 3.8) is 0 Å². The van der Waals surface area contributed by atoms with Gasteiger partial charge < -0.3 is 20.6 Å². The molecular formula is C29H39N5O3. The number of para-hydroxylation sites is 1. The summed E-state index contributed by atoms with van der Waals surface area (Å²) in [6.07, 6.45) is 8.85. The van der Waals surface area contributed by atoms with Crippen LogP contribution in [-0.4, -0.2) is 64.9 Å². The molecule has 0 radical (unpaired) electrons. The zero-order chi connectivity index (χ0) is 25.2. The fraction of sp³-hybridized carbons (Fsp3) is 0.586. The number of aryl methyl sites for hydroxylation is 2. The van der Waals surface area contributed by atoms with E-state index in [1.165, 1.54) is 30.4 Å². The Bertz CT molecular complexity index is 1120. The smallest absolute Gasteiger partial charge is 0.325 e. The molecule has 4 aliphatic rings. The Labute approximate surface area is 219 Å². The standard InChI is InChI=1S/C29H39N5O3/c35-29(36)27(25-8-3-5-22-18-34(32-26(22)25)17-20-9-10-20)33-15-13-24(19-33)37-16-2-1-7-23-12-11-21-6-4-14-30-28(21)31-23/h3,5,8,11-12,20,24,27,32H,1-2,4,6-7,9-10,13-19H2,(H,30,31)(H,35,36)/t24-,27?/m1/s1. The summed E-state index contributed by atoms with van der Waals surface area (Å²) in [4.78, 5) is 19.3. The number of hydrazine groups is 1. The van der Waals surface area contributed by atoms with E-state index in [1.54, 1.807) is 0 Å². The van der Waals surface area contributed by atoms with Crippen molar-refractivity contribution < 1.29 is 14.6 Å². The van der Waals surface area contributed by atoms with Crippen LogP contribution in [-0.2, 0) is 28.9 Å². The number of likely N-dealkylation sites (tertiary alicyclic amines) is 1. The first-order valence-corrected chi connectivity index (χ1v) is 14.1. The lowest BCUT2D eigenvalue weighted by Crippen LogP contribution is -2.34. The predicted molar refractivity (Wildman–Crippen MR) is 143 cm³/mol. The molecule has 0 bridgehead atoms. The van der Waals surface area contributed by atoms with Crippen LogP contribution in [0.15, 0.2) is 30.3 Å². The lowest BCUT2D eigenvalue weighted by molar-refractivity contribution is -0.143. The number of unbranched alkanes of at least 4 members (excludes halogenated alkanes) is 1. The van der Waals surface area contributed by atoms with Gasteiger partial charge in [-0.2, -0.15) is 0 Å². The van der Waals surface area contributed by atoms with Gasteiger partial charge in [0.1, 0.15) is 11.9 Å². The summed E-state index contributed by atoms with van der Waals surface area (Å²) in [6.45, 7) is 4.99. The Morgan fingerprint density at radius 1 is 1.16 bits per heavy atom. The van der Waals surface area contributed by atoms with Crippen molar-refractivity contribution in [1.29, 1.82) is 0 Å². The first kappa shape index (κ1) is 24.6. The van der Waals surface area contributed by atoms with Crippen LogP contribution < -0.4 is 10.7 Å². The van der Waals surface area contributed by atoms with Crippen molar-refractivity contribution >= 4 is 17.5 Å².